The van der Waals surface area contributed by atoms with Crippen molar-refractivity contribution in [3.8, 4) is 0 Å². The zero-order valence-corrected chi connectivity index (χ0v) is 12.8. The van der Waals surface area contributed by atoms with Gasteiger partial charge in [0.25, 0.3) is 0 Å². The molecule has 1 aliphatic rings. The second kappa shape index (κ2) is 5.68. The Balaban J connectivity index is 2.10. The first-order chi connectivity index (χ1) is 8.52. The average Bonchev–Trinajstić information content (AvgIpc) is 2.68. The van der Waals surface area contributed by atoms with Crippen LogP contribution in [0.4, 0.5) is 0 Å². The summed E-state index contributed by atoms with van der Waals surface area (Å²) >= 11 is 1.81. The lowest BCUT2D eigenvalue weighted by atomic mass is 9.86. The predicted octanol–water partition coefficient (Wildman–Crippen LogP) is 2.74. The van der Waals surface area contributed by atoms with E-state index in [1.807, 2.05) is 0 Å². The van der Waals surface area contributed by atoms with Gasteiger partial charge in [0, 0.05) is 11.4 Å². The summed E-state index contributed by atoms with van der Waals surface area (Å²) in [6, 6.07) is 0.427. The Morgan fingerprint density at radius 2 is 2.22 bits per heavy atom. The second-order valence-corrected chi connectivity index (χ2v) is 7.01. The molecule has 0 spiro atoms. The Hall–Kier alpha value is -0.450. The van der Waals surface area contributed by atoms with Crippen molar-refractivity contribution in [3.63, 3.8) is 0 Å². The smallest absolute Gasteiger partial charge is 0.0900 e. The van der Waals surface area contributed by atoms with E-state index in [1.54, 1.807) is 11.3 Å². The molecule has 102 valence electrons. The Bertz CT molecular complexity index is 402. The molecule has 0 aromatic carbocycles. The molecule has 0 amide bonds. The standard InChI is InChI=1S/C14H25N3S/c1-9-5-6-17(8-13(9)7-15)10(2)14-11(3)18-12(4)16-14/h9-10,13H,5-8,15H2,1-4H3. The third kappa shape index (κ3) is 2.76. The SMILES string of the molecule is Cc1nc(C(C)N2CCC(C)C(CN)C2)c(C)s1. The molecule has 2 rings (SSSR count). The molecule has 1 aliphatic heterocycles. The number of nitrogens with zero attached hydrogens (tertiary/aromatic N) is 2. The van der Waals surface area contributed by atoms with Crippen LogP contribution < -0.4 is 5.73 Å². The van der Waals surface area contributed by atoms with Crippen molar-refractivity contribution in [1.82, 2.24) is 9.88 Å². The highest BCUT2D eigenvalue weighted by Gasteiger charge is 2.29. The highest BCUT2D eigenvalue weighted by atomic mass is 32.1. The van der Waals surface area contributed by atoms with E-state index in [4.69, 9.17) is 10.7 Å². The van der Waals surface area contributed by atoms with Crippen LogP contribution in [-0.4, -0.2) is 29.5 Å². The molecule has 0 saturated carbocycles. The molecule has 3 nitrogen and oxygen atoms in total. The van der Waals surface area contributed by atoms with Crippen LogP contribution in [0, 0.1) is 25.7 Å². The molecule has 2 heterocycles. The van der Waals surface area contributed by atoms with Crippen molar-refractivity contribution >= 4 is 11.3 Å². The minimum absolute atomic E-state index is 0.427. The van der Waals surface area contributed by atoms with Gasteiger partial charge in [-0.3, -0.25) is 4.90 Å². The maximum Gasteiger partial charge on any atom is 0.0900 e. The molecule has 1 aromatic heterocycles. The number of aryl methyl sites for hydroxylation is 2. The topological polar surface area (TPSA) is 42.2 Å². The fraction of sp³-hybridized carbons (Fsp3) is 0.786. The van der Waals surface area contributed by atoms with E-state index in [2.05, 4.69) is 32.6 Å². The predicted molar refractivity (Wildman–Crippen MR) is 77.9 cm³/mol. The Kier molecular flexibility index (Phi) is 4.41. The Morgan fingerprint density at radius 3 is 2.78 bits per heavy atom. The average molecular weight is 267 g/mol. The van der Waals surface area contributed by atoms with Gasteiger partial charge in [-0.15, -0.1) is 11.3 Å². The first-order valence-electron chi connectivity index (χ1n) is 6.91. The van der Waals surface area contributed by atoms with E-state index in [-0.39, 0.29) is 0 Å². The molecular weight excluding hydrogens is 242 g/mol. The van der Waals surface area contributed by atoms with Crippen LogP contribution in [-0.2, 0) is 0 Å². The minimum Gasteiger partial charge on any atom is -0.330 e. The van der Waals surface area contributed by atoms with Gasteiger partial charge in [0.1, 0.15) is 0 Å². The van der Waals surface area contributed by atoms with Crippen LogP contribution in [0.1, 0.15) is 41.9 Å². The summed E-state index contributed by atoms with van der Waals surface area (Å²) in [6.07, 6.45) is 1.26. The van der Waals surface area contributed by atoms with Gasteiger partial charge >= 0.3 is 0 Å². The number of rotatable bonds is 3. The van der Waals surface area contributed by atoms with Crippen molar-refractivity contribution in [3.05, 3.63) is 15.6 Å². The molecule has 1 fully saturated rings. The van der Waals surface area contributed by atoms with Gasteiger partial charge in [-0.05, 0) is 52.1 Å². The number of hydrogen-bond acceptors (Lipinski definition) is 4. The van der Waals surface area contributed by atoms with E-state index in [0.717, 1.165) is 19.0 Å². The molecule has 0 aliphatic carbocycles. The number of piperidine rings is 1. The molecule has 0 bridgehead atoms. The number of aromatic nitrogens is 1. The summed E-state index contributed by atoms with van der Waals surface area (Å²) in [5, 5.41) is 1.18. The molecule has 0 radical (unpaired) electrons. The normalized spacial score (nSPS) is 27.4. The molecular formula is C14H25N3S. The zero-order valence-electron chi connectivity index (χ0n) is 11.9. The molecule has 4 heteroatoms. The minimum atomic E-state index is 0.427. The van der Waals surface area contributed by atoms with Crippen molar-refractivity contribution in [2.75, 3.05) is 19.6 Å². The molecule has 3 unspecified atom stereocenters. The van der Waals surface area contributed by atoms with Gasteiger partial charge in [-0.25, -0.2) is 4.98 Å². The summed E-state index contributed by atoms with van der Waals surface area (Å²) in [7, 11) is 0. The molecule has 18 heavy (non-hydrogen) atoms. The third-order valence-corrected chi connectivity index (χ3v) is 5.23. The van der Waals surface area contributed by atoms with Crippen molar-refractivity contribution in [2.45, 2.75) is 40.2 Å². The van der Waals surface area contributed by atoms with Gasteiger partial charge in [-0.2, -0.15) is 0 Å². The molecule has 2 N–H and O–H groups in total. The van der Waals surface area contributed by atoms with Gasteiger partial charge in [0.15, 0.2) is 0 Å². The van der Waals surface area contributed by atoms with Crippen LogP contribution in [0.3, 0.4) is 0 Å². The first-order valence-corrected chi connectivity index (χ1v) is 7.72. The van der Waals surface area contributed by atoms with Gasteiger partial charge in [-0.1, -0.05) is 6.92 Å². The van der Waals surface area contributed by atoms with Crippen molar-refractivity contribution < 1.29 is 0 Å². The number of thiazole rings is 1. The maximum atomic E-state index is 5.89. The number of nitrogens with two attached hydrogens (primary N) is 1. The number of likely N-dealkylation sites (tertiary alicyclic amines) is 1. The van der Waals surface area contributed by atoms with Crippen LogP contribution in [0.5, 0.6) is 0 Å². The zero-order chi connectivity index (χ0) is 13.3. The van der Waals surface area contributed by atoms with Gasteiger partial charge < -0.3 is 5.73 Å². The fourth-order valence-corrected chi connectivity index (χ4v) is 3.85. The first kappa shape index (κ1) is 14.0. The van der Waals surface area contributed by atoms with E-state index < -0.39 is 0 Å². The number of hydrogen-bond donors (Lipinski definition) is 1. The van der Waals surface area contributed by atoms with Gasteiger partial charge in [0.2, 0.25) is 0 Å². The lowest BCUT2D eigenvalue weighted by Crippen LogP contribution is -2.43. The highest BCUT2D eigenvalue weighted by molar-refractivity contribution is 7.11. The summed E-state index contributed by atoms with van der Waals surface area (Å²) in [5.41, 5.74) is 7.16. The summed E-state index contributed by atoms with van der Waals surface area (Å²) in [4.78, 5) is 8.62. The molecule has 1 saturated heterocycles. The van der Waals surface area contributed by atoms with E-state index >= 15 is 0 Å². The Morgan fingerprint density at radius 1 is 1.50 bits per heavy atom. The highest BCUT2D eigenvalue weighted by Crippen LogP contribution is 2.31. The van der Waals surface area contributed by atoms with Crippen LogP contribution >= 0.6 is 11.3 Å². The lowest BCUT2D eigenvalue weighted by Gasteiger charge is -2.39. The quantitative estimate of drug-likeness (QED) is 0.915. The summed E-state index contributed by atoms with van der Waals surface area (Å²) in [5.74, 6) is 1.40. The summed E-state index contributed by atoms with van der Waals surface area (Å²) < 4.78 is 0. The lowest BCUT2D eigenvalue weighted by molar-refractivity contribution is 0.0961. The van der Waals surface area contributed by atoms with Crippen LogP contribution in [0.2, 0.25) is 0 Å². The van der Waals surface area contributed by atoms with E-state index in [9.17, 15) is 0 Å². The van der Waals surface area contributed by atoms with Crippen molar-refractivity contribution in [2.24, 2.45) is 17.6 Å². The van der Waals surface area contributed by atoms with E-state index in [1.165, 1.54) is 28.5 Å². The molecule has 1 aromatic rings. The Labute approximate surface area is 114 Å². The second-order valence-electron chi connectivity index (χ2n) is 5.61. The van der Waals surface area contributed by atoms with Crippen LogP contribution in [0.15, 0.2) is 0 Å². The van der Waals surface area contributed by atoms with E-state index in [0.29, 0.717) is 12.0 Å². The van der Waals surface area contributed by atoms with Crippen LogP contribution in [0.25, 0.3) is 0 Å². The van der Waals surface area contributed by atoms with Gasteiger partial charge in [0.05, 0.1) is 16.7 Å². The van der Waals surface area contributed by atoms with Crippen molar-refractivity contribution in [1.29, 1.82) is 0 Å². The summed E-state index contributed by atoms with van der Waals surface area (Å²) in [6.45, 7) is 12.0. The maximum absolute atomic E-state index is 5.89. The molecule has 3 atom stereocenters. The largest absolute Gasteiger partial charge is 0.330 e. The monoisotopic (exact) mass is 267 g/mol. The fourth-order valence-electron chi connectivity index (χ4n) is 2.94. The third-order valence-electron chi connectivity index (χ3n) is 4.33.